The van der Waals surface area contributed by atoms with E-state index in [1.54, 1.807) is 0 Å². The van der Waals surface area contributed by atoms with Crippen molar-refractivity contribution >= 4 is 34.1 Å². The highest BCUT2D eigenvalue weighted by Gasteiger charge is 2.17. The lowest BCUT2D eigenvalue weighted by atomic mass is 10.1. The Bertz CT molecular complexity index is 629. The lowest BCUT2D eigenvalue weighted by Gasteiger charge is -2.08. The first-order valence-corrected chi connectivity index (χ1v) is 9.27. The van der Waals surface area contributed by atoms with Gasteiger partial charge in [0.25, 0.3) is 5.91 Å². The fourth-order valence-corrected chi connectivity index (χ4v) is 3.79. The number of aromatic nitrogens is 1. The minimum Gasteiger partial charge on any atom is -0.375 e. The number of thioether (sulfide) groups is 1. The summed E-state index contributed by atoms with van der Waals surface area (Å²) < 4.78 is 5.40. The monoisotopic (exact) mass is 334 g/mol. The number of carbonyl (C=O) groups excluding carboxylic acids is 1. The van der Waals surface area contributed by atoms with Gasteiger partial charge in [-0.15, -0.1) is 0 Å². The van der Waals surface area contributed by atoms with Crippen LogP contribution >= 0.6 is 23.1 Å². The van der Waals surface area contributed by atoms with Crippen LogP contribution in [0, 0.1) is 0 Å². The Kier molecular flexibility index (Phi) is 5.12. The Morgan fingerprint density at radius 3 is 2.95 bits per heavy atom. The van der Waals surface area contributed by atoms with Gasteiger partial charge in [-0.2, -0.15) is 11.8 Å². The maximum absolute atomic E-state index is 12.3. The van der Waals surface area contributed by atoms with Gasteiger partial charge in [-0.3, -0.25) is 10.1 Å². The van der Waals surface area contributed by atoms with Crippen LogP contribution < -0.4 is 5.32 Å². The zero-order chi connectivity index (χ0) is 15.4. The lowest BCUT2D eigenvalue weighted by Crippen LogP contribution is -2.12. The van der Waals surface area contributed by atoms with Crippen molar-refractivity contribution in [3.05, 3.63) is 46.0 Å². The highest BCUT2D eigenvalue weighted by atomic mass is 32.2. The fourth-order valence-electron chi connectivity index (χ4n) is 2.22. The highest BCUT2D eigenvalue weighted by molar-refractivity contribution is 7.98. The van der Waals surface area contributed by atoms with E-state index >= 15 is 0 Å². The summed E-state index contributed by atoms with van der Waals surface area (Å²) in [5.41, 5.74) is 2.96. The number of thiazole rings is 1. The molecule has 1 aliphatic rings. The van der Waals surface area contributed by atoms with E-state index in [0.717, 1.165) is 28.5 Å². The highest BCUT2D eigenvalue weighted by Crippen LogP contribution is 2.27. The molecule has 4 nitrogen and oxygen atoms in total. The molecule has 0 atom stereocenters. The van der Waals surface area contributed by atoms with Crippen molar-refractivity contribution in [1.82, 2.24) is 4.98 Å². The molecule has 0 bridgehead atoms. The van der Waals surface area contributed by atoms with Crippen LogP contribution in [-0.2, 0) is 23.5 Å². The summed E-state index contributed by atoms with van der Waals surface area (Å²) in [5.74, 6) is 1.97. The van der Waals surface area contributed by atoms with Gasteiger partial charge in [-0.25, -0.2) is 4.98 Å². The smallest absolute Gasteiger partial charge is 0.257 e. The van der Waals surface area contributed by atoms with E-state index in [-0.39, 0.29) is 5.91 Å². The number of carbonyl (C=O) groups is 1. The second-order valence-electron chi connectivity index (χ2n) is 4.98. The normalized spacial score (nSPS) is 13.7. The summed E-state index contributed by atoms with van der Waals surface area (Å²) in [6, 6.07) is 7.77. The summed E-state index contributed by atoms with van der Waals surface area (Å²) in [7, 11) is 0. The zero-order valence-corrected chi connectivity index (χ0v) is 14.1. The molecule has 2 heterocycles. The van der Waals surface area contributed by atoms with Crippen LogP contribution in [-0.4, -0.2) is 23.3 Å². The SMILES string of the molecule is CCSCc1ccc(C(=O)Nc2nc3c(s2)COCC3)cc1. The maximum atomic E-state index is 12.3. The number of hydrogen-bond acceptors (Lipinski definition) is 5. The van der Waals surface area contributed by atoms with Crippen molar-refractivity contribution in [2.75, 3.05) is 17.7 Å². The number of ether oxygens (including phenoxy) is 1. The number of rotatable bonds is 5. The molecule has 1 aliphatic heterocycles. The van der Waals surface area contributed by atoms with Crippen molar-refractivity contribution in [3.63, 3.8) is 0 Å². The number of anilines is 1. The number of amides is 1. The molecule has 2 aromatic rings. The number of benzene rings is 1. The molecule has 0 spiro atoms. The van der Waals surface area contributed by atoms with Crippen molar-refractivity contribution in [3.8, 4) is 0 Å². The van der Waals surface area contributed by atoms with Gasteiger partial charge >= 0.3 is 0 Å². The molecule has 3 rings (SSSR count). The van der Waals surface area contributed by atoms with E-state index < -0.39 is 0 Å². The summed E-state index contributed by atoms with van der Waals surface area (Å²) in [5, 5.41) is 3.54. The number of hydrogen-bond donors (Lipinski definition) is 1. The summed E-state index contributed by atoms with van der Waals surface area (Å²) >= 11 is 3.37. The second-order valence-corrected chi connectivity index (χ2v) is 7.34. The van der Waals surface area contributed by atoms with E-state index in [0.29, 0.717) is 23.9 Å². The predicted molar refractivity (Wildman–Crippen MR) is 91.7 cm³/mol. The van der Waals surface area contributed by atoms with Gasteiger partial charge in [-0.05, 0) is 23.4 Å². The Balaban J connectivity index is 1.65. The van der Waals surface area contributed by atoms with Crippen LogP contribution in [0.4, 0.5) is 5.13 Å². The Labute approximate surface area is 138 Å². The summed E-state index contributed by atoms with van der Waals surface area (Å²) in [6.07, 6.45) is 0.825. The Morgan fingerprint density at radius 1 is 1.41 bits per heavy atom. The fraction of sp³-hybridized carbons (Fsp3) is 0.375. The van der Waals surface area contributed by atoms with Gasteiger partial charge in [0.05, 0.1) is 23.8 Å². The molecule has 116 valence electrons. The third-order valence-corrected chi connectivity index (χ3v) is 5.34. The molecule has 1 N–H and O–H groups in total. The van der Waals surface area contributed by atoms with Crippen molar-refractivity contribution in [2.45, 2.75) is 25.7 Å². The first-order valence-electron chi connectivity index (χ1n) is 7.30. The molecular weight excluding hydrogens is 316 g/mol. The topological polar surface area (TPSA) is 51.2 Å². The van der Waals surface area contributed by atoms with E-state index in [1.807, 2.05) is 36.0 Å². The van der Waals surface area contributed by atoms with Gasteiger partial charge in [0.1, 0.15) is 0 Å². The maximum Gasteiger partial charge on any atom is 0.257 e. The predicted octanol–water partition coefficient (Wildman–Crippen LogP) is 3.72. The van der Waals surface area contributed by atoms with Gasteiger partial charge in [0.15, 0.2) is 5.13 Å². The van der Waals surface area contributed by atoms with Crippen LogP contribution in [0.15, 0.2) is 24.3 Å². The van der Waals surface area contributed by atoms with Crippen molar-refractivity contribution < 1.29 is 9.53 Å². The van der Waals surface area contributed by atoms with Crippen LogP contribution in [0.25, 0.3) is 0 Å². The summed E-state index contributed by atoms with van der Waals surface area (Å²) in [4.78, 5) is 17.9. The largest absolute Gasteiger partial charge is 0.375 e. The molecule has 0 fully saturated rings. The molecule has 1 aromatic carbocycles. The quantitative estimate of drug-likeness (QED) is 0.905. The molecule has 1 aromatic heterocycles. The first-order chi connectivity index (χ1) is 10.8. The van der Waals surface area contributed by atoms with Gasteiger partial charge < -0.3 is 4.74 Å². The van der Waals surface area contributed by atoms with Crippen molar-refractivity contribution in [2.24, 2.45) is 0 Å². The Hall–Kier alpha value is -1.37. The second kappa shape index (κ2) is 7.26. The molecule has 0 aliphatic carbocycles. The van der Waals surface area contributed by atoms with Gasteiger partial charge in [-0.1, -0.05) is 30.4 Å². The summed E-state index contributed by atoms with van der Waals surface area (Å²) in [6.45, 7) is 3.46. The molecule has 0 radical (unpaired) electrons. The minimum atomic E-state index is -0.110. The standard InChI is InChI=1S/C16H18N2O2S2/c1-2-21-10-11-3-5-12(6-4-11)15(19)18-16-17-13-7-8-20-9-14(13)22-16/h3-6H,2,7-10H2,1H3,(H,17,18,19). The molecule has 0 saturated heterocycles. The Morgan fingerprint density at radius 2 is 2.23 bits per heavy atom. The van der Waals surface area contributed by atoms with Crippen molar-refractivity contribution in [1.29, 1.82) is 0 Å². The molecule has 6 heteroatoms. The van der Waals surface area contributed by atoms with E-state index in [9.17, 15) is 4.79 Å². The molecule has 22 heavy (non-hydrogen) atoms. The molecule has 1 amide bonds. The van der Waals surface area contributed by atoms with Gasteiger partial charge in [0.2, 0.25) is 0 Å². The number of fused-ring (bicyclic) bond motifs is 1. The molecular formula is C16H18N2O2S2. The van der Waals surface area contributed by atoms with E-state index in [2.05, 4.69) is 17.2 Å². The lowest BCUT2D eigenvalue weighted by molar-refractivity contribution is 0.102. The number of nitrogens with one attached hydrogen (secondary N) is 1. The zero-order valence-electron chi connectivity index (χ0n) is 12.4. The minimum absolute atomic E-state index is 0.110. The van der Waals surface area contributed by atoms with Crippen LogP contribution in [0.3, 0.4) is 0 Å². The average Bonchev–Trinajstić information content (AvgIpc) is 2.95. The third kappa shape index (κ3) is 3.69. The van der Waals surface area contributed by atoms with E-state index in [4.69, 9.17) is 4.74 Å². The average molecular weight is 334 g/mol. The van der Waals surface area contributed by atoms with Crippen LogP contribution in [0.5, 0.6) is 0 Å². The first kappa shape index (κ1) is 15.5. The van der Waals surface area contributed by atoms with E-state index in [1.165, 1.54) is 16.9 Å². The third-order valence-electron chi connectivity index (χ3n) is 3.40. The molecule has 0 saturated carbocycles. The van der Waals surface area contributed by atoms with Gasteiger partial charge in [0, 0.05) is 17.7 Å². The van der Waals surface area contributed by atoms with Crippen LogP contribution in [0.1, 0.15) is 33.4 Å². The molecule has 0 unspecified atom stereocenters. The number of nitrogens with zero attached hydrogens (tertiary/aromatic N) is 1. The van der Waals surface area contributed by atoms with Crippen LogP contribution in [0.2, 0.25) is 0 Å².